The zero-order valence-corrected chi connectivity index (χ0v) is 11.9. The van der Waals surface area contributed by atoms with E-state index in [1.54, 1.807) is 23.6 Å². The molecule has 0 aromatic rings. The summed E-state index contributed by atoms with van der Waals surface area (Å²) >= 11 is 1.79. The summed E-state index contributed by atoms with van der Waals surface area (Å²) in [4.78, 5) is 25.2. The largest absolute Gasteiger partial charge is 0.343 e. The lowest BCUT2D eigenvalue weighted by Crippen LogP contribution is -2.59. The van der Waals surface area contributed by atoms with Gasteiger partial charge in [0, 0.05) is 11.3 Å². The molecule has 0 aromatic heterocycles. The van der Waals surface area contributed by atoms with Crippen molar-refractivity contribution in [1.82, 2.24) is 10.2 Å². The molecule has 1 atom stereocenters. The van der Waals surface area contributed by atoms with Gasteiger partial charge in [-0.15, -0.1) is 0 Å². The Labute approximate surface area is 108 Å². The van der Waals surface area contributed by atoms with Gasteiger partial charge in [0.1, 0.15) is 6.04 Å². The van der Waals surface area contributed by atoms with Crippen LogP contribution in [-0.2, 0) is 9.59 Å². The number of thioether (sulfide) groups is 1. The van der Waals surface area contributed by atoms with Crippen molar-refractivity contribution in [3.63, 3.8) is 0 Å². The van der Waals surface area contributed by atoms with E-state index >= 15 is 0 Å². The van der Waals surface area contributed by atoms with E-state index in [-0.39, 0.29) is 29.1 Å². The Morgan fingerprint density at radius 2 is 2.00 bits per heavy atom. The van der Waals surface area contributed by atoms with Crippen molar-refractivity contribution in [2.45, 2.75) is 44.4 Å². The molecule has 17 heavy (non-hydrogen) atoms. The summed E-state index contributed by atoms with van der Waals surface area (Å²) in [7, 11) is 0. The topological polar surface area (TPSA) is 49.4 Å². The third-order valence-electron chi connectivity index (χ3n) is 3.59. The van der Waals surface area contributed by atoms with Crippen LogP contribution >= 0.6 is 11.8 Å². The molecule has 0 aliphatic carbocycles. The minimum absolute atomic E-state index is 0.0323. The molecule has 4 nitrogen and oxygen atoms in total. The first kappa shape index (κ1) is 14.4. The number of nitrogens with zero attached hydrogens (tertiary/aromatic N) is 1. The van der Waals surface area contributed by atoms with Crippen LogP contribution in [0.2, 0.25) is 0 Å². The standard InChI is InChI=1S/C12H22N2O2S/c1-5-12(6-2,17-4)8-14-7-10(15)13-9(3)11(14)16/h9H,5-8H2,1-4H3,(H,13,15). The highest BCUT2D eigenvalue weighted by molar-refractivity contribution is 8.00. The van der Waals surface area contributed by atoms with E-state index in [4.69, 9.17) is 0 Å². The fourth-order valence-corrected chi connectivity index (χ4v) is 3.04. The summed E-state index contributed by atoms with van der Waals surface area (Å²) in [6.45, 7) is 6.88. The van der Waals surface area contributed by atoms with Crippen LogP contribution in [0.5, 0.6) is 0 Å². The molecule has 1 saturated heterocycles. The average molecular weight is 258 g/mol. The second-order valence-corrected chi connectivity index (χ2v) is 5.85. The Balaban J connectivity index is 2.77. The summed E-state index contributed by atoms with van der Waals surface area (Å²) in [5.74, 6) is -0.0239. The third-order valence-corrected chi connectivity index (χ3v) is 5.17. The Morgan fingerprint density at radius 1 is 1.41 bits per heavy atom. The molecule has 1 aliphatic heterocycles. The van der Waals surface area contributed by atoms with Crippen LogP contribution in [0.15, 0.2) is 0 Å². The fraction of sp³-hybridized carbons (Fsp3) is 0.833. The van der Waals surface area contributed by atoms with E-state index in [0.717, 1.165) is 12.8 Å². The summed E-state index contributed by atoms with van der Waals surface area (Å²) in [5, 5.41) is 2.66. The van der Waals surface area contributed by atoms with Gasteiger partial charge in [-0.25, -0.2) is 0 Å². The minimum Gasteiger partial charge on any atom is -0.343 e. The Bertz CT molecular complexity index is 295. The van der Waals surface area contributed by atoms with Crippen LogP contribution in [0, 0.1) is 0 Å². The van der Waals surface area contributed by atoms with Crippen molar-refractivity contribution in [3.8, 4) is 0 Å². The van der Waals surface area contributed by atoms with Gasteiger partial charge in [-0.3, -0.25) is 9.59 Å². The first-order chi connectivity index (χ1) is 7.98. The van der Waals surface area contributed by atoms with Crippen molar-refractivity contribution in [1.29, 1.82) is 0 Å². The molecule has 0 spiro atoms. The lowest BCUT2D eigenvalue weighted by molar-refractivity contribution is -0.144. The quantitative estimate of drug-likeness (QED) is 0.807. The van der Waals surface area contributed by atoms with Crippen LogP contribution < -0.4 is 5.32 Å². The maximum atomic E-state index is 12.0. The number of nitrogens with one attached hydrogen (secondary N) is 1. The molecule has 0 aromatic carbocycles. The lowest BCUT2D eigenvalue weighted by Gasteiger charge is -2.39. The molecule has 0 bridgehead atoms. The number of carbonyl (C=O) groups is 2. The number of hydrogen-bond donors (Lipinski definition) is 1. The summed E-state index contributed by atoms with van der Waals surface area (Å²) < 4.78 is 0.0764. The fourth-order valence-electron chi connectivity index (χ4n) is 2.18. The molecule has 5 heteroatoms. The molecular formula is C12H22N2O2S. The number of amides is 2. The molecule has 98 valence electrons. The van der Waals surface area contributed by atoms with Crippen LogP contribution in [0.25, 0.3) is 0 Å². The smallest absolute Gasteiger partial charge is 0.245 e. The number of rotatable bonds is 5. The predicted octanol–water partition coefficient (Wildman–Crippen LogP) is 1.26. The van der Waals surface area contributed by atoms with E-state index in [2.05, 4.69) is 25.4 Å². The van der Waals surface area contributed by atoms with Gasteiger partial charge in [-0.2, -0.15) is 11.8 Å². The van der Waals surface area contributed by atoms with Crippen LogP contribution in [0.1, 0.15) is 33.6 Å². The zero-order valence-electron chi connectivity index (χ0n) is 11.1. The van der Waals surface area contributed by atoms with Gasteiger partial charge in [0.15, 0.2) is 0 Å². The molecule has 1 aliphatic rings. The Morgan fingerprint density at radius 3 is 2.47 bits per heavy atom. The Kier molecular flexibility index (Phi) is 4.86. The zero-order chi connectivity index (χ0) is 13.1. The monoisotopic (exact) mass is 258 g/mol. The molecule has 1 fully saturated rings. The molecule has 1 unspecified atom stereocenters. The first-order valence-corrected chi connectivity index (χ1v) is 7.33. The van der Waals surface area contributed by atoms with Crippen molar-refractivity contribution >= 4 is 23.6 Å². The van der Waals surface area contributed by atoms with Gasteiger partial charge in [-0.05, 0) is 26.0 Å². The molecule has 0 saturated carbocycles. The van der Waals surface area contributed by atoms with Crippen molar-refractivity contribution in [2.24, 2.45) is 0 Å². The second kappa shape index (κ2) is 5.76. The number of carbonyl (C=O) groups excluding carboxylic acids is 2. The lowest BCUT2D eigenvalue weighted by atomic mass is 10.0. The third kappa shape index (κ3) is 3.15. The highest BCUT2D eigenvalue weighted by atomic mass is 32.2. The van der Waals surface area contributed by atoms with Crippen LogP contribution in [0.3, 0.4) is 0 Å². The highest BCUT2D eigenvalue weighted by Gasteiger charge is 2.35. The minimum atomic E-state index is -0.385. The van der Waals surface area contributed by atoms with Crippen molar-refractivity contribution < 1.29 is 9.59 Å². The normalized spacial score (nSPS) is 21.6. The van der Waals surface area contributed by atoms with E-state index in [0.29, 0.717) is 6.54 Å². The molecular weight excluding hydrogens is 236 g/mol. The Hall–Kier alpha value is -0.710. The van der Waals surface area contributed by atoms with Gasteiger partial charge in [0.2, 0.25) is 11.8 Å². The van der Waals surface area contributed by atoms with Crippen molar-refractivity contribution in [3.05, 3.63) is 0 Å². The summed E-state index contributed by atoms with van der Waals surface area (Å²) in [5.41, 5.74) is 0. The second-order valence-electron chi connectivity index (χ2n) is 4.58. The van der Waals surface area contributed by atoms with E-state index < -0.39 is 0 Å². The SMILES string of the molecule is CCC(CC)(CN1CC(=O)NC(C)C1=O)SC. The average Bonchev–Trinajstić information content (AvgIpc) is 2.32. The van der Waals surface area contributed by atoms with Gasteiger partial charge in [0.05, 0.1) is 6.54 Å². The van der Waals surface area contributed by atoms with E-state index in [1.165, 1.54) is 0 Å². The molecule has 2 amide bonds. The summed E-state index contributed by atoms with van der Waals surface area (Å²) in [6.07, 6.45) is 4.08. The van der Waals surface area contributed by atoms with Gasteiger partial charge >= 0.3 is 0 Å². The molecule has 1 rings (SSSR count). The van der Waals surface area contributed by atoms with Gasteiger partial charge < -0.3 is 10.2 Å². The highest BCUT2D eigenvalue weighted by Crippen LogP contribution is 2.31. The van der Waals surface area contributed by atoms with Gasteiger partial charge in [-0.1, -0.05) is 13.8 Å². The maximum absolute atomic E-state index is 12.0. The number of piperazine rings is 1. The molecule has 1 N–H and O–H groups in total. The molecule has 1 heterocycles. The van der Waals surface area contributed by atoms with Crippen molar-refractivity contribution in [2.75, 3.05) is 19.3 Å². The number of hydrogen-bond acceptors (Lipinski definition) is 3. The maximum Gasteiger partial charge on any atom is 0.245 e. The molecule has 0 radical (unpaired) electrons. The van der Waals surface area contributed by atoms with Crippen LogP contribution in [0.4, 0.5) is 0 Å². The predicted molar refractivity (Wildman–Crippen MR) is 71.0 cm³/mol. The first-order valence-electron chi connectivity index (χ1n) is 6.11. The summed E-state index contributed by atoms with van der Waals surface area (Å²) in [6, 6.07) is -0.385. The van der Waals surface area contributed by atoms with Gasteiger partial charge in [0.25, 0.3) is 0 Å². The van der Waals surface area contributed by atoms with E-state index in [1.807, 2.05) is 0 Å². The van der Waals surface area contributed by atoms with Crippen LogP contribution in [-0.4, -0.2) is 46.8 Å². The van der Waals surface area contributed by atoms with E-state index in [9.17, 15) is 9.59 Å².